The molecule has 0 aliphatic carbocycles. The molecule has 0 saturated heterocycles. The van der Waals surface area contributed by atoms with Gasteiger partial charge in [-0.25, -0.2) is 0 Å². The SMILES string of the molecule is N#CC(O)C(O)c1cc(C=O)c(O)c([N+](=O)[O-])c1. The number of nitriles is 1. The molecule has 2 atom stereocenters. The van der Waals surface area contributed by atoms with Gasteiger partial charge in [-0.05, 0) is 11.6 Å². The summed E-state index contributed by atoms with van der Waals surface area (Å²) in [5.41, 5.74) is -1.42. The van der Waals surface area contributed by atoms with Gasteiger partial charge in [0.25, 0.3) is 0 Å². The Bertz CT molecular complexity index is 536. The van der Waals surface area contributed by atoms with Gasteiger partial charge in [0, 0.05) is 6.07 Å². The molecule has 8 nitrogen and oxygen atoms in total. The second-order valence-electron chi connectivity index (χ2n) is 3.37. The predicted octanol–water partition coefficient (Wildman–Crippen LogP) is 0.0308. The highest BCUT2D eigenvalue weighted by atomic mass is 16.6. The lowest BCUT2D eigenvalue weighted by molar-refractivity contribution is -0.386. The van der Waals surface area contributed by atoms with Gasteiger partial charge in [0.2, 0.25) is 5.75 Å². The van der Waals surface area contributed by atoms with Gasteiger partial charge >= 0.3 is 5.69 Å². The van der Waals surface area contributed by atoms with E-state index in [0.29, 0.717) is 0 Å². The number of phenols is 1. The van der Waals surface area contributed by atoms with Crippen LogP contribution in [0.4, 0.5) is 5.69 Å². The molecule has 1 rings (SSSR count). The minimum atomic E-state index is -1.80. The first-order chi connectivity index (χ1) is 8.42. The zero-order chi connectivity index (χ0) is 13.9. The number of aliphatic hydroxyl groups is 2. The first-order valence-corrected chi connectivity index (χ1v) is 4.64. The third-order valence-corrected chi connectivity index (χ3v) is 2.24. The summed E-state index contributed by atoms with van der Waals surface area (Å²) in [5, 5.41) is 47.0. The second-order valence-corrected chi connectivity index (χ2v) is 3.37. The van der Waals surface area contributed by atoms with E-state index < -0.39 is 34.1 Å². The van der Waals surface area contributed by atoms with Crippen molar-refractivity contribution in [1.29, 1.82) is 5.26 Å². The Morgan fingerprint density at radius 2 is 2.06 bits per heavy atom. The van der Waals surface area contributed by atoms with Crippen LogP contribution < -0.4 is 0 Å². The van der Waals surface area contributed by atoms with Crippen molar-refractivity contribution < 1.29 is 25.0 Å². The van der Waals surface area contributed by atoms with Crippen LogP contribution in [0.2, 0.25) is 0 Å². The Kier molecular flexibility index (Phi) is 3.93. The van der Waals surface area contributed by atoms with Crippen LogP contribution in [-0.4, -0.2) is 32.6 Å². The fourth-order valence-electron chi connectivity index (χ4n) is 1.32. The van der Waals surface area contributed by atoms with E-state index in [-0.39, 0.29) is 11.8 Å². The Balaban J connectivity index is 3.40. The van der Waals surface area contributed by atoms with Crippen LogP contribution in [0.25, 0.3) is 0 Å². The number of aldehydes is 1. The van der Waals surface area contributed by atoms with E-state index >= 15 is 0 Å². The molecule has 0 aliphatic rings. The highest BCUT2D eigenvalue weighted by molar-refractivity contribution is 5.82. The zero-order valence-corrected chi connectivity index (χ0v) is 8.85. The third-order valence-electron chi connectivity index (χ3n) is 2.24. The summed E-state index contributed by atoms with van der Waals surface area (Å²) in [6.45, 7) is 0. The second kappa shape index (κ2) is 5.22. The summed E-state index contributed by atoms with van der Waals surface area (Å²) in [4.78, 5) is 20.3. The molecule has 0 amide bonds. The quantitative estimate of drug-likeness (QED) is 0.296. The normalized spacial score (nSPS) is 13.4. The minimum absolute atomic E-state index is 0.164. The van der Waals surface area contributed by atoms with Crippen LogP contribution in [0, 0.1) is 21.4 Å². The van der Waals surface area contributed by atoms with Crippen LogP contribution in [0.15, 0.2) is 12.1 Å². The fraction of sp³-hybridized carbons (Fsp3) is 0.200. The molecular weight excluding hydrogens is 244 g/mol. The number of nitro benzene ring substituents is 1. The van der Waals surface area contributed by atoms with Gasteiger partial charge < -0.3 is 15.3 Å². The topological polar surface area (TPSA) is 145 Å². The fourth-order valence-corrected chi connectivity index (χ4v) is 1.32. The molecule has 8 heteroatoms. The first-order valence-electron chi connectivity index (χ1n) is 4.64. The van der Waals surface area contributed by atoms with Crippen LogP contribution >= 0.6 is 0 Å². The van der Waals surface area contributed by atoms with Gasteiger partial charge in [-0.1, -0.05) is 0 Å². The minimum Gasteiger partial charge on any atom is -0.502 e. The summed E-state index contributed by atoms with van der Waals surface area (Å²) in [6.07, 6.45) is -3.35. The molecule has 0 aliphatic heterocycles. The molecule has 0 saturated carbocycles. The number of phenolic OH excluding ortho intramolecular Hbond substituents is 1. The van der Waals surface area contributed by atoms with E-state index in [1.807, 2.05) is 0 Å². The van der Waals surface area contributed by atoms with Gasteiger partial charge in [-0.2, -0.15) is 5.26 Å². The zero-order valence-electron chi connectivity index (χ0n) is 8.85. The molecule has 2 unspecified atom stereocenters. The number of rotatable bonds is 4. The van der Waals surface area contributed by atoms with Crippen molar-refractivity contribution in [3.8, 4) is 11.8 Å². The molecular formula is C10H8N2O6. The van der Waals surface area contributed by atoms with Crippen LogP contribution in [0.1, 0.15) is 22.0 Å². The van der Waals surface area contributed by atoms with Crippen molar-refractivity contribution in [2.45, 2.75) is 12.2 Å². The van der Waals surface area contributed by atoms with Gasteiger partial charge in [0.1, 0.15) is 6.10 Å². The van der Waals surface area contributed by atoms with Gasteiger partial charge in [-0.15, -0.1) is 0 Å². The van der Waals surface area contributed by atoms with Gasteiger partial charge in [0.05, 0.1) is 16.6 Å². The van der Waals surface area contributed by atoms with Gasteiger partial charge in [0.15, 0.2) is 12.4 Å². The highest BCUT2D eigenvalue weighted by Gasteiger charge is 2.25. The summed E-state index contributed by atoms with van der Waals surface area (Å²) in [5.74, 6) is -0.836. The number of aromatic hydroxyl groups is 1. The van der Waals surface area contributed by atoms with Crippen LogP contribution in [-0.2, 0) is 0 Å². The van der Waals surface area contributed by atoms with E-state index in [1.165, 1.54) is 6.07 Å². The largest absolute Gasteiger partial charge is 0.502 e. The molecule has 0 fully saturated rings. The Morgan fingerprint density at radius 3 is 2.50 bits per heavy atom. The van der Waals surface area contributed by atoms with E-state index in [4.69, 9.17) is 10.4 Å². The van der Waals surface area contributed by atoms with Crippen LogP contribution in [0.3, 0.4) is 0 Å². The maximum Gasteiger partial charge on any atom is 0.311 e. The first kappa shape index (κ1) is 13.6. The molecule has 1 aromatic carbocycles. The summed E-state index contributed by atoms with van der Waals surface area (Å²) >= 11 is 0. The Hall–Kier alpha value is -2.50. The molecule has 0 radical (unpaired) electrons. The van der Waals surface area contributed by atoms with E-state index in [9.17, 15) is 25.1 Å². The van der Waals surface area contributed by atoms with Crippen molar-refractivity contribution >= 4 is 12.0 Å². The molecule has 0 spiro atoms. The molecule has 94 valence electrons. The Labute approximate surface area is 100 Å². The lowest BCUT2D eigenvalue weighted by Gasteiger charge is -2.12. The number of nitro groups is 1. The number of nitrogens with zero attached hydrogens (tertiary/aromatic N) is 2. The number of hydrogen-bond donors (Lipinski definition) is 3. The molecule has 18 heavy (non-hydrogen) atoms. The highest BCUT2D eigenvalue weighted by Crippen LogP contribution is 2.33. The lowest BCUT2D eigenvalue weighted by Crippen LogP contribution is -2.16. The van der Waals surface area contributed by atoms with E-state index in [1.54, 1.807) is 0 Å². The third kappa shape index (κ3) is 2.42. The van der Waals surface area contributed by atoms with Gasteiger partial charge in [-0.3, -0.25) is 14.9 Å². The van der Waals surface area contributed by atoms with Crippen molar-refractivity contribution in [3.05, 3.63) is 33.4 Å². The molecule has 0 heterocycles. The Morgan fingerprint density at radius 1 is 1.44 bits per heavy atom. The summed E-state index contributed by atoms with van der Waals surface area (Å²) in [6, 6.07) is 3.09. The standard InChI is InChI=1S/C10H8N2O6/c11-3-8(14)10(16)5-1-6(4-13)9(15)7(2-5)12(17)18/h1-2,4,8,10,14-16H. The monoisotopic (exact) mass is 252 g/mol. The smallest absolute Gasteiger partial charge is 0.311 e. The maximum absolute atomic E-state index is 10.6. The predicted molar refractivity (Wildman–Crippen MR) is 56.7 cm³/mol. The number of hydrogen-bond acceptors (Lipinski definition) is 7. The number of benzene rings is 1. The van der Waals surface area contributed by atoms with Crippen molar-refractivity contribution in [1.82, 2.24) is 0 Å². The van der Waals surface area contributed by atoms with Crippen LogP contribution in [0.5, 0.6) is 5.75 Å². The van der Waals surface area contributed by atoms with E-state index in [2.05, 4.69) is 0 Å². The van der Waals surface area contributed by atoms with Crippen molar-refractivity contribution in [2.75, 3.05) is 0 Å². The number of carbonyl (C=O) groups is 1. The lowest BCUT2D eigenvalue weighted by atomic mass is 10.0. The van der Waals surface area contributed by atoms with Crippen molar-refractivity contribution in [3.63, 3.8) is 0 Å². The maximum atomic E-state index is 10.6. The summed E-state index contributed by atoms with van der Waals surface area (Å²) in [7, 11) is 0. The summed E-state index contributed by atoms with van der Waals surface area (Å²) < 4.78 is 0. The average Bonchev–Trinajstić information content (AvgIpc) is 2.36. The molecule has 3 N–H and O–H groups in total. The number of carbonyl (C=O) groups excluding carboxylic acids is 1. The van der Waals surface area contributed by atoms with E-state index in [0.717, 1.165) is 12.1 Å². The molecule has 0 bridgehead atoms. The molecule has 1 aromatic rings. The average molecular weight is 252 g/mol. The number of aliphatic hydroxyl groups excluding tert-OH is 2. The van der Waals surface area contributed by atoms with Crippen molar-refractivity contribution in [2.24, 2.45) is 0 Å². The molecule has 0 aromatic heterocycles.